The summed E-state index contributed by atoms with van der Waals surface area (Å²) in [6.07, 6.45) is 2.58. The molecule has 4 heteroatoms. The minimum absolute atomic E-state index is 0.399. The maximum atomic E-state index is 4.47. The molecule has 0 amide bonds. The van der Waals surface area contributed by atoms with Crippen LogP contribution in [-0.4, -0.2) is 23.1 Å². The lowest BCUT2D eigenvalue weighted by Crippen LogP contribution is -2.46. The zero-order valence-corrected chi connectivity index (χ0v) is 10.6. The number of aromatic nitrogens is 2. The Bertz CT molecular complexity index is 553. The fraction of sp³-hybridized carbons (Fsp3) is 0.286. The maximum Gasteiger partial charge on any atom is 0.149 e. The fourth-order valence-corrected chi connectivity index (χ4v) is 2.47. The van der Waals surface area contributed by atoms with Crippen molar-refractivity contribution in [2.24, 2.45) is 0 Å². The molecule has 0 unspecified atom stereocenters. The second-order valence-corrected chi connectivity index (χ2v) is 4.68. The first kappa shape index (κ1) is 11.2. The van der Waals surface area contributed by atoms with Crippen LogP contribution in [-0.2, 0) is 6.42 Å². The lowest BCUT2D eigenvalue weighted by molar-refractivity contribution is 0.508. The van der Waals surface area contributed by atoms with Crippen LogP contribution in [0, 0.1) is 0 Å². The Balaban J connectivity index is 2.15. The lowest BCUT2D eigenvalue weighted by Gasteiger charge is -2.32. The third kappa shape index (κ3) is 1.84. The van der Waals surface area contributed by atoms with Crippen molar-refractivity contribution in [2.75, 3.05) is 12.1 Å². The van der Waals surface area contributed by atoms with Gasteiger partial charge >= 0.3 is 0 Å². The van der Waals surface area contributed by atoms with Gasteiger partial charge in [-0.15, -0.1) is 0 Å². The molecule has 0 aliphatic carbocycles. The van der Waals surface area contributed by atoms with Gasteiger partial charge in [0.05, 0.1) is 5.69 Å². The summed E-state index contributed by atoms with van der Waals surface area (Å²) in [4.78, 5) is 8.84. The van der Waals surface area contributed by atoms with E-state index in [2.05, 4.69) is 34.5 Å². The van der Waals surface area contributed by atoms with Gasteiger partial charge in [0, 0.05) is 24.2 Å². The Labute approximate surface area is 107 Å². The molecule has 1 aromatic carbocycles. The SMILES string of the molecule is C[C@@H]1Cc2c(-c3ccccc3)ncnc2N(C)N1. The Kier molecular flexibility index (Phi) is 2.72. The molecule has 2 heterocycles. The van der Waals surface area contributed by atoms with Crippen molar-refractivity contribution in [1.29, 1.82) is 0 Å². The molecule has 0 bridgehead atoms. The van der Waals surface area contributed by atoms with Gasteiger partial charge < -0.3 is 0 Å². The quantitative estimate of drug-likeness (QED) is 0.828. The summed E-state index contributed by atoms with van der Waals surface area (Å²) >= 11 is 0. The van der Waals surface area contributed by atoms with E-state index in [9.17, 15) is 0 Å². The van der Waals surface area contributed by atoms with Gasteiger partial charge in [-0.1, -0.05) is 30.3 Å². The van der Waals surface area contributed by atoms with Crippen LogP contribution in [0.2, 0.25) is 0 Å². The number of rotatable bonds is 1. The summed E-state index contributed by atoms with van der Waals surface area (Å²) < 4.78 is 0. The van der Waals surface area contributed by atoms with E-state index in [-0.39, 0.29) is 0 Å². The molecule has 92 valence electrons. The van der Waals surface area contributed by atoms with E-state index in [1.54, 1.807) is 6.33 Å². The number of fused-ring (bicyclic) bond motifs is 1. The second-order valence-electron chi connectivity index (χ2n) is 4.68. The van der Waals surface area contributed by atoms with Crippen LogP contribution in [0.15, 0.2) is 36.7 Å². The van der Waals surface area contributed by atoms with Gasteiger partial charge in [0.2, 0.25) is 0 Å². The molecule has 2 aromatic rings. The van der Waals surface area contributed by atoms with Crippen LogP contribution in [0.4, 0.5) is 5.82 Å². The van der Waals surface area contributed by atoms with E-state index in [4.69, 9.17) is 0 Å². The maximum absolute atomic E-state index is 4.47. The third-order valence-corrected chi connectivity index (χ3v) is 3.21. The molecule has 0 saturated carbocycles. The molecule has 1 aromatic heterocycles. The second kappa shape index (κ2) is 4.38. The van der Waals surface area contributed by atoms with Gasteiger partial charge in [-0.3, -0.25) is 5.01 Å². The molecular weight excluding hydrogens is 224 g/mol. The highest BCUT2D eigenvalue weighted by Crippen LogP contribution is 2.30. The first-order valence-electron chi connectivity index (χ1n) is 6.15. The molecule has 1 aliphatic heterocycles. The minimum Gasteiger partial charge on any atom is -0.295 e. The fourth-order valence-electron chi connectivity index (χ4n) is 2.47. The van der Waals surface area contributed by atoms with Gasteiger partial charge in [0.1, 0.15) is 12.1 Å². The average Bonchev–Trinajstić information content (AvgIpc) is 2.39. The van der Waals surface area contributed by atoms with Crippen LogP contribution in [0.3, 0.4) is 0 Å². The van der Waals surface area contributed by atoms with E-state index in [0.29, 0.717) is 6.04 Å². The number of hydrazine groups is 1. The van der Waals surface area contributed by atoms with Gasteiger partial charge in [0.25, 0.3) is 0 Å². The van der Waals surface area contributed by atoms with Crippen LogP contribution in [0.5, 0.6) is 0 Å². The Morgan fingerprint density at radius 1 is 1.22 bits per heavy atom. The van der Waals surface area contributed by atoms with Crippen LogP contribution >= 0.6 is 0 Å². The average molecular weight is 240 g/mol. The molecule has 0 saturated heterocycles. The van der Waals surface area contributed by atoms with Gasteiger partial charge in [-0.2, -0.15) is 0 Å². The third-order valence-electron chi connectivity index (χ3n) is 3.21. The summed E-state index contributed by atoms with van der Waals surface area (Å²) in [7, 11) is 2.00. The zero-order chi connectivity index (χ0) is 12.5. The van der Waals surface area contributed by atoms with Crippen molar-refractivity contribution < 1.29 is 0 Å². The van der Waals surface area contributed by atoms with E-state index in [1.165, 1.54) is 5.56 Å². The summed E-state index contributed by atoms with van der Waals surface area (Å²) in [5, 5.41) is 1.98. The predicted molar refractivity (Wildman–Crippen MR) is 72.2 cm³/mol. The lowest BCUT2D eigenvalue weighted by atomic mass is 9.99. The summed E-state index contributed by atoms with van der Waals surface area (Å²) in [5.74, 6) is 0.974. The Morgan fingerprint density at radius 3 is 2.78 bits per heavy atom. The molecule has 4 nitrogen and oxygen atoms in total. The van der Waals surface area contributed by atoms with Crippen molar-refractivity contribution in [2.45, 2.75) is 19.4 Å². The topological polar surface area (TPSA) is 41.1 Å². The molecule has 1 aliphatic rings. The van der Waals surface area contributed by atoms with Crippen molar-refractivity contribution in [3.63, 3.8) is 0 Å². The molecule has 1 atom stereocenters. The highest BCUT2D eigenvalue weighted by molar-refractivity contribution is 5.69. The standard InChI is InChI=1S/C14H16N4/c1-10-8-12-13(11-6-4-3-5-7-11)15-9-16-14(12)18(2)17-10/h3-7,9-10,17H,8H2,1-2H3/t10-/m1/s1. The summed E-state index contributed by atoms with van der Waals surface area (Å²) in [6.45, 7) is 2.17. The Hall–Kier alpha value is -1.94. The van der Waals surface area contributed by atoms with Crippen LogP contribution in [0.1, 0.15) is 12.5 Å². The van der Waals surface area contributed by atoms with Gasteiger partial charge in [0.15, 0.2) is 0 Å². The molecule has 3 rings (SSSR count). The Morgan fingerprint density at radius 2 is 2.00 bits per heavy atom. The van der Waals surface area contributed by atoms with Crippen molar-refractivity contribution in [3.05, 3.63) is 42.2 Å². The molecular formula is C14H16N4. The first-order chi connectivity index (χ1) is 8.75. The van der Waals surface area contributed by atoms with E-state index in [0.717, 1.165) is 23.5 Å². The number of nitrogens with zero attached hydrogens (tertiary/aromatic N) is 3. The van der Waals surface area contributed by atoms with E-state index >= 15 is 0 Å². The zero-order valence-electron chi connectivity index (χ0n) is 10.6. The molecule has 0 radical (unpaired) electrons. The number of benzene rings is 1. The smallest absolute Gasteiger partial charge is 0.149 e. The highest BCUT2D eigenvalue weighted by Gasteiger charge is 2.23. The number of hydrogen-bond acceptors (Lipinski definition) is 4. The number of hydrogen-bond donors (Lipinski definition) is 1. The number of nitrogens with one attached hydrogen (secondary N) is 1. The van der Waals surface area contributed by atoms with Crippen molar-refractivity contribution in [3.8, 4) is 11.3 Å². The summed E-state index contributed by atoms with van der Waals surface area (Å²) in [6, 6.07) is 10.7. The molecule has 18 heavy (non-hydrogen) atoms. The molecule has 0 spiro atoms. The first-order valence-corrected chi connectivity index (χ1v) is 6.15. The monoisotopic (exact) mass is 240 g/mol. The predicted octanol–water partition coefficient (Wildman–Crippen LogP) is 2.03. The van der Waals surface area contributed by atoms with Gasteiger partial charge in [-0.25, -0.2) is 15.4 Å². The van der Waals surface area contributed by atoms with Gasteiger partial charge in [-0.05, 0) is 13.3 Å². The molecule has 0 fully saturated rings. The largest absolute Gasteiger partial charge is 0.295 e. The van der Waals surface area contributed by atoms with Crippen molar-refractivity contribution in [1.82, 2.24) is 15.4 Å². The summed E-state index contributed by atoms with van der Waals surface area (Å²) in [5.41, 5.74) is 6.77. The van der Waals surface area contributed by atoms with Crippen LogP contribution in [0.25, 0.3) is 11.3 Å². The van der Waals surface area contributed by atoms with E-state index in [1.807, 2.05) is 30.3 Å². The number of anilines is 1. The molecule has 1 N–H and O–H groups in total. The van der Waals surface area contributed by atoms with E-state index < -0.39 is 0 Å². The van der Waals surface area contributed by atoms with Crippen LogP contribution < -0.4 is 10.4 Å². The highest BCUT2D eigenvalue weighted by atomic mass is 15.5. The minimum atomic E-state index is 0.399. The van der Waals surface area contributed by atoms with Crippen molar-refractivity contribution >= 4 is 5.82 Å². The normalized spacial score (nSPS) is 18.6.